The summed E-state index contributed by atoms with van der Waals surface area (Å²) in [5.74, 6) is 0. The summed E-state index contributed by atoms with van der Waals surface area (Å²) < 4.78 is 4.78. The van der Waals surface area contributed by atoms with Crippen molar-refractivity contribution in [1.29, 1.82) is 0 Å². The van der Waals surface area contributed by atoms with E-state index in [0.717, 1.165) is 34.1 Å². The van der Waals surface area contributed by atoms with Crippen LogP contribution in [0.5, 0.6) is 0 Å². The number of rotatable bonds is 10. The number of hydrogen-bond donors (Lipinski definition) is 0. The van der Waals surface area contributed by atoms with Gasteiger partial charge >= 0.3 is 0 Å². The van der Waals surface area contributed by atoms with Crippen LogP contribution in [0.1, 0.15) is 12.0 Å². The van der Waals surface area contributed by atoms with Crippen molar-refractivity contribution in [1.82, 2.24) is 9.13 Å². The van der Waals surface area contributed by atoms with E-state index in [0.29, 0.717) is 6.42 Å². The molecule has 1 aliphatic carbocycles. The Hall–Kier alpha value is -8.60. The summed E-state index contributed by atoms with van der Waals surface area (Å²) >= 11 is 0. The Bertz CT molecular complexity index is 3290. The van der Waals surface area contributed by atoms with E-state index < -0.39 is 5.66 Å². The predicted molar refractivity (Wildman–Crippen MR) is 279 cm³/mol. The lowest BCUT2D eigenvalue weighted by molar-refractivity contribution is 0.523. The van der Waals surface area contributed by atoms with Gasteiger partial charge in [-0.05, 0) is 114 Å². The monoisotopic (exact) mass is 846 g/mol. The van der Waals surface area contributed by atoms with Crippen molar-refractivity contribution in [3.8, 4) is 11.4 Å². The molecule has 12 rings (SSSR count). The molecule has 0 N–H and O–H groups in total. The van der Waals surface area contributed by atoms with Crippen molar-refractivity contribution in [3.05, 3.63) is 272 Å². The van der Waals surface area contributed by atoms with Crippen molar-refractivity contribution in [3.63, 3.8) is 0 Å². The Kier molecular flexibility index (Phi) is 9.76. The SMILES string of the molecule is C(=Cc1ccccc1)C1=CCC(N(c2ccccc2)c2ccc(-n3c4ccccc4c4ccccc43)cc2)(N(c2ccccc2)c2ccc(-n3c4ccccc4c4ccccc43)cc2)C=C1. The summed E-state index contributed by atoms with van der Waals surface area (Å²) in [6.45, 7) is 0. The van der Waals surface area contributed by atoms with Gasteiger partial charge < -0.3 is 18.9 Å². The van der Waals surface area contributed by atoms with Gasteiger partial charge in [0, 0.05) is 62.1 Å². The molecule has 66 heavy (non-hydrogen) atoms. The topological polar surface area (TPSA) is 16.3 Å². The quantitative estimate of drug-likeness (QED) is 0.128. The van der Waals surface area contributed by atoms with Crippen molar-refractivity contribution >= 4 is 72.4 Å². The van der Waals surface area contributed by atoms with Gasteiger partial charge in [0.15, 0.2) is 0 Å². The van der Waals surface area contributed by atoms with Gasteiger partial charge in [-0.15, -0.1) is 0 Å². The maximum Gasteiger partial charge on any atom is 0.145 e. The van der Waals surface area contributed by atoms with E-state index in [1.807, 2.05) is 0 Å². The van der Waals surface area contributed by atoms with E-state index in [2.05, 4.69) is 286 Å². The molecule has 0 radical (unpaired) electrons. The van der Waals surface area contributed by atoms with Crippen LogP contribution in [0, 0.1) is 0 Å². The smallest absolute Gasteiger partial charge is 0.145 e. The Morgan fingerprint density at radius 2 is 0.697 bits per heavy atom. The van der Waals surface area contributed by atoms with Gasteiger partial charge in [0.2, 0.25) is 0 Å². The van der Waals surface area contributed by atoms with Crippen LogP contribution in [0.15, 0.2) is 266 Å². The van der Waals surface area contributed by atoms with Crippen molar-refractivity contribution in [2.24, 2.45) is 0 Å². The fourth-order valence-corrected chi connectivity index (χ4v) is 10.2. The lowest BCUT2D eigenvalue weighted by Gasteiger charge is -2.52. The molecule has 0 spiro atoms. The number of nitrogens with zero attached hydrogens (tertiary/aromatic N) is 4. The second-order valence-electron chi connectivity index (χ2n) is 17.0. The van der Waals surface area contributed by atoms with Gasteiger partial charge in [0.05, 0.1) is 22.1 Å². The van der Waals surface area contributed by atoms with Crippen LogP contribution in [0.3, 0.4) is 0 Å². The van der Waals surface area contributed by atoms with Crippen LogP contribution in [-0.2, 0) is 0 Å². The molecule has 11 aromatic rings. The molecular formula is C62H46N4. The zero-order valence-electron chi connectivity index (χ0n) is 36.4. The molecule has 0 atom stereocenters. The number of allylic oxidation sites excluding steroid dienone is 3. The minimum atomic E-state index is -0.741. The van der Waals surface area contributed by atoms with Gasteiger partial charge in [0.1, 0.15) is 5.66 Å². The van der Waals surface area contributed by atoms with E-state index in [4.69, 9.17) is 0 Å². The molecule has 0 saturated carbocycles. The standard InChI is InChI=1S/C62H46N4/c1-4-18-46(19-5-1)32-33-47-42-44-62(45-43-47,65(50-20-6-2-7-21-50)52-38-34-48(35-39-52)63-58-28-14-10-24-54(58)55-25-11-15-29-59(55)63)66(51-22-8-3-9-23-51)53-40-36-49(37-41-53)64-60-30-16-12-26-56(60)57-27-13-17-31-61(57)64/h1-44H,45H2. The Labute approximate surface area is 385 Å². The first kappa shape index (κ1) is 39.0. The fourth-order valence-electron chi connectivity index (χ4n) is 10.2. The van der Waals surface area contributed by atoms with Crippen molar-refractivity contribution in [2.75, 3.05) is 9.80 Å². The zero-order chi connectivity index (χ0) is 43.9. The summed E-state index contributed by atoms with van der Waals surface area (Å²) in [5, 5.41) is 5.00. The van der Waals surface area contributed by atoms with Crippen LogP contribution < -0.4 is 9.80 Å². The maximum atomic E-state index is 2.53. The number of aromatic nitrogens is 2. The normalized spacial score (nSPS) is 13.5. The molecule has 2 aromatic heterocycles. The highest BCUT2D eigenvalue weighted by Gasteiger charge is 2.43. The molecule has 0 amide bonds. The number of fused-ring (bicyclic) bond motifs is 6. The first-order valence-corrected chi connectivity index (χ1v) is 22.7. The first-order chi connectivity index (χ1) is 32.7. The summed E-state index contributed by atoms with van der Waals surface area (Å²) in [6, 6.07) is 85.4. The van der Waals surface area contributed by atoms with Crippen LogP contribution in [0.4, 0.5) is 22.7 Å². The van der Waals surface area contributed by atoms with E-state index in [1.165, 1.54) is 54.7 Å². The molecule has 0 unspecified atom stereocenters. The Morgan fingerprint density at radius 3 is 1.08 bits per heavy atom. The number of anilines is 4. The van der Waals surface area contributed by atoms with Gasteiger partial charge in [-0.3, -0.25) is 0 Å². The molecule has 314 valence electrons. The third-order valence-electron chi connectivity index (χ3n) is 13.1. The molecule has 0 bridgehead atoms. The molecule has 4 nitrogen and oxygen atoms in total. The highest BCUT2D eigenvalue weighted by Crippen LogP contribution is 2.47. The van der Waals surface area contributed by atoms with Gasteiger partial charge in [0.25, 0.3) is 0 Å². The largest absolute Gasteiger partial charge is 0.314 e. The maximum absolute atomic E-state index is 2.53. The zero-order valence-corrected chi connectivity index (χ0v) is 36.4. The van der Waals surface area contributed by atoms with Crippen LogP contribution in [0.25, 0.3) is 61.1 Å². The Morgan fingerprint density at radius 1 is 0.348 bits per heavy atom. The van der Waals surface area contributed by atoms with Crippen LogP contribution >= 0.6 is 0 Å². The van der Waals surface area contributed by atoms with Gasteiger partial charge in [-0.1, -0.05) is 164 Å². The third-order valence-corrected chi connectivity index (χ3v) is 13.1. The molecule has 0 saturated heterocycles. The van der Waals surface area contributed by atoms with E-state index in [-0.39, 0.29) is 0 Å². The average Bonchev–Trinajstić information content (AvgIpc) is 3.91. The minimum absolute atomic E-state index is 0.686. The highest BCUT2D eigenvalue weighted by atomic mass is 15.4. The number of benzene rings is 9. The molecule has 2 heterocycles. The van der Waals surface area contributed by atoms with Crippen molar-refractivity contribution < 1.29 is 0 Å². The fraction of sp³-hybridized carbons (Fsp3) is 0.0323. The minimum Gasteiger partial charge on any atom is -0.314 e. The van der Waals surface area contributed by atoms with E-state index in [1.54, 1.807) is 0 Å². The molecular weight excluding hydrogens is 801 g/mol. The van der Waals surface area contributed by atoms with Crippen LogP contribution in [-0.4, -0.2) is 14.8 Å². The summed E-state index contributed by atoms with van der Waals surface area (Å²) in [6.07, 6.45) is 12.2. The number of hydrogen-bond acceptors (Lipinski definition) is 2. The summed E-state index contributed by atoms with van der Waals surface area (Å²) in [5.41, 5.74) is 12.9. The van der Waals surface area contributed by atoms with E-state index >= 15 is 0 Å². The summed E-state index contributed by atoms with van der Waals surface area (Å²) in [4.78, 5) is 5.06. The van der Waals surface area contributed by atoms with Gasteiger partial charge in [-0.25, -0.2) is 0 Å². The number of para-hydroxylation sites is 6. The molecule has 9 aromatic carbocycles. The second kappa shape index (κ2) is 16.5. The van der Waals surface area contributed by atoms with Gasteiger partial charge in [-0.2, -0.15) is 0 Å². The van der Waals surface area contributed by atoms with Crippen LogP contribution in [0.2, 0.25) is 0 Å². The van der Waals surface area contributed by atoms with E-state index in [9.17, 15) is 0 Å². The predicted octanol–water partition coefficient (Wildman–Crippen LogP) is 16.2. The van der Waals surface area contributed by atoms with Crippen molar-refractivity contribution in [2.45, 2.75) is 12.1 Å². The summed E-state index contributed by atoms with van der Waals surface area (Å²) in [7, 11) is 0. The highest BCUT2D eigenvalue weighted by molar-refractivity contribution is 6.10. The average molecular weight is 847 g/mol. The lowest BCUT2D eigenvalue weighted by Crippen LogP contribution is -2.57. The Balaban J connectivity index is 1.04. The third kappa shape index (κ3) is 6.70. The molecule has 0 aliphatic heterocycles. The first-order valence-electron chi connectivity index (χ1n) is 22.7. The molecule has 1 aliphatic rings. The molecule has 0 fully saturated rings. The lowest BCUT2D eigenvalue weighted by atomic mass is 9.90. The molecule has 4 heteroatoms. The second-order valence-corrected chi connectivity index (χ2v) is 17.0.